The van der Waals surface area contributed by atoms with Crippen molar-refractivity contribution in [2.24, 2.45) is 4.99 Å². The lowest BCUT2D eigenvalue weighted by atomic mass is 10.1. The Kier molecular flexibility index (Phi) is 8.41. The summed E-state index contributed by atoms with van der Waals surface area (Å²) < 4.78 is 56.2. The minimum atomic E-state index is -3.26. The van der Waals surface area contributed by atoms with Gasteiger partial charge in [0.1, 0.15) is 23.0 Å². The van der Waals surface area contributed by atoms with Gasteiger partial charge in [0.15, 0.2) is 15.8 Å². The zero-order chi connectivity index (χ0) is 21.9. The Hall–Kier alpha value is -2.21. The van der Waals surface area contributed by atoms with Gasteiger partial charge in [-0.3, -0.25) is 4.99 Å². The molecule has 0 radical (unpaired) electrons. The van der Waals surface area contributed by atoms with Crippen LogP contribution >= 0.6 is 24.0 Å². The molecule has 0 aliphatic rings. The predicted molar refractivity (Wildman–Crippen MR) is 128 cm³/mol. The summed E-state index contributed by atoms with van der Waals surface area (Å²) in [6, 6.07) is 8.37. The van der Waals surface area contributed by atoms with E-state index in [0.29, 0.717) is 40.4 Å². The topological polar surface area (TPSA) is 83.7 Å². The van der Waals surface area contributed by atoms with Crippen LogP contribution in [0.15, 0.2) is 45.8 Å². The summed E-state index contributed by atoms with van der Waals surface area (Å²) in [5.41, 5.74) is 2.47. The van der Waals surface area contributed by atoms with E-state index < -0.39 is 15.7 Å². The van der Waals surface area contributed by atoms with Crippen molar-refractivity contribution in [1.82, 2.24) is 10.6 Å². The van der Waals surface area contributed by atoms with Crippen LogP contribution in [0.25, 0.3) is 11.0 Å². The second-order valence-corrected chi connectivity index (χ2v) is 9.19. The van der Waals surface area contributed by atoms with Crippen LogP contribution in [0.3, 0.4) is 0 Å². The van der Waals surface area contributed by atoms with Crippen molar-refractivity contribution in [1.29, 1.82) is 0 Å². The number of hydrogen-bond donors (Lipinski definition) is 2. The fourth-order valence-electron chi connectivity index (χ4n) is 3.16. The van der Waals surface area contributed by atoms with E-state index in [0.717, 1.165) is 11.8 Å². The Balaban J connectivity index is 0.00000341. The van der Waals surface area contributed by atoms with Gasteiger partial charge < -0.3 is 15.1 Å². The summed E-state index contributed by atoms with van der Waals surface area (Å²) in [7, 11) is -1.68. The molecule has 10 heteroatoms. The number of aliphatic imine (C=N–C) groups is 1. The van der Waals surface area contributed by atoms with E-state index >= 15 is 0 Å². The summed E-state index contributed by atoms with van der Waals surface area (Å²) in [5, 5.41) is 6.85. The number of fused-ring (bicyclic) bond motifs is 1. The quantitative estimate of drug-likeness (QED) is 0.269. The minimum Gasteiger partial charge on any atom is -0.459 e. The third kappa shape index (κ3) is 6.63. The van der Waals surface area contributed by atoms with E-state index in [9.17, 15) is 17.2 Å². The molecule has 0 bridgehead atoms. The molecule has 0 saturated carbocycles. The summed E-state index contributed by atoms with van der Waals surface area (Å²) in [6.45, 7) is 2.34. The molecule has 0 amide bonds. The molecule has 0 saturated heterocycles. The summed E-state index contributed by atoms with van der Waals surface area (Å²) >= 11 is 0. The van der Waals surface area contributed by atoms with Crippen LogP contribution in [0, 0.1) is 18.6 Å². The van der Waals surface area contributed by atoms with Gasteiger partial charge in [0, 0.05) is 30.8 Å². The number of nitrogens with one attached hydrogen (secondary N) is 2. The summed E-state index contributed by atoms with van der Waals surface area (Å²) in [4.78, 5) is 4.12. The molecule has 31 heavy (non-hydrogen) atoms. The third-order valence-electron chi connectivity index (χ3n) is 4.67. The summed E-state index contributed by atoms with van der Waals surface area (Å²) in [5.74, 6) is 0.114. The van der Waals surface area contributed by atoms with E-state index in [2.05, 4.69) is 15.6 Å². The van der Waals surface area contributed by atoms with Gasteiger partial charge in [-0.2, -0.15) is 0 Å². The lowest BCUT2D eigenvalue weighted by Crippen LogP contribution is -2.36. The zero-order valence-electron chi connectivity index (χ0n) is 17.3. The molecule has 0 fully saturated rings. The normalized spacial score (nSPS) is 12.0. The number of hydrogen-bond acceptors (Lipinski definition) is 4. The largest absolute Gasteiger partial charge is 0.459 e. The van der Waals surface area contributed by atoms with E-state index in [4.69, 9.17) is 4.42 Å². The molecule has 2 N–H and O–H groups in total. The van der Waals surface area contributed by atoms with Crippen molar-refractivity contribution < 1.29 is 21.6 Å². The SMILES string of the molecule is CN=C(NCc1cc(F)ccc1CS(C)(=O)=O)NCc1oc2ccc(F)cc2c1C.I. The van der Waals surface area contributed by atoms with Gasteiger partial charge in [0.25, 0.3) is 0 Å². The van der Waals surface area contributed by atoms with Crippen molar-refractivity contribution >= 4 is 50.7 Å². The van der Waals surface area contributed by atoms with Crippen LogP contribution < -0.4 is 10.6 Å². The Morgan fingerprint density at radius 2 is 1.68 bits per heavy atom. The molecule has 3 aromatic rings. The number of guanidine groups is 1. The van der Waals surface area contributed by atoms with Gasteiger partial charge in [-0.05, 0) is 48.4 Å². The number of rotatable bonds is 6. The van der Waals surface area contributed by atoms with Crippen molar-refractivity contribution in [2.45, 2.75) is 25.8 Å². The Morgan fingerprint density at radius 3 is 2.35 bits per heavy atom. The first kappa shape index (κ1) is 25.1. The molecule has 3 rings (SSSR count). The maximum atomic E-state index is 13.7. The van der Waals surface area contributed by atoms with Crippen LogP contribution in [-0.4, -0.2) is 27.7 Å². The van der Waals surface area contributed by atoms with Gasteiger partial charge in [0.05, 0.1) is 12.3 Å². The molecular formula is C21H24F2IN3O3S. The highest BCUT2D eigenvalue weighted by Gasteiger charge is 2.13. The molecule has 1 heterocycles. The number of benzene rings is 2. The monoisotopic (exact) mass is 563 g/mol. The Bertz CT molecular complexity index is 1210. The van der Waals surface area contributed by atoms with Crippen LogP contribution in [0.1, 0.15) is 22.5 Å². The molecule has 2 aromatic carbocycles. The molecule has 0 aliphatic carbocycles. The van der Waals surface area contributed by atoms with Gasteiger partial charge >= 0.3 is 0 Å². The maximum Gasteiger partial charge on any atom is 0.191 e. The van der Waals surface area contributed by atoms with Gasteiger partial charge in [-0.25, -0.2) is 17.2 Å². The minimum absolute atomic E-state index is 0. The number of furan rings is 1. The first-order valence-corrected chi connectivity index (χ1v) is 11.3. The highest BCUT2D eigenvalue weighted by molar-refractivity contribution is 14.0. The molecule has 0 spiro atoms. The highest BCUT2D eigenvalue weighted by Crippen LogP contribution is 2.25. The van der Waals surface area contributed by atoms with E-state index in [1.165, 1.54) is 30.3 Å². The highest BCUT2D eigenvalue weighted by atomic mass is 127. The van der Waals surface area contributed by atoms with E-state index in [1.54, 1.807) is 13.1 Å². The van der Waals surface area contributed by atoms with Crippen molar-refractivity contribution in [3.8, 4) is 0 Å². The second kappa shape index (κ2) is 10.4. The van der Waals surface area contributed by atoms with Crippen LogP contribution in [-0.2, 0) is 28.7 Å². The van der Waals surface area contributed by atoms with Crippen LogP contribution in [0.2, 0.25) is 0 Å². The van der Waals surface area contributed by atoms with Gasteiger partial charge in [-0.15, -0.1) is 24.0 Å². The third-order valence-corrected chi connectivity index (χ3v) is 5.50. The van der Waals surface area contributed by atoms with Gasteiger partial charge in [-0.1, -0.05) is 6.07 Å². The Morgan fingerprint density at radius 1 is 1.03 bits per heavy atom. The molecule has 0 atom stereocenters. The zero-order valence-corrected chi connectivity index (χ0v) is 20.5. The number of sulfone groups is 1. The van der Waals surface area contributed by atoms with Crippen LogP contribution in [0.4, 0.5) is 8.78 Å². The number of aryl methyl sites for hydroxylation is 1. The van der Waals surface area contributed by atoms with Crippen molar-refractivity contribution in [2.75, 3.05) is 13.3 Å². The average molecular weight is 563 g/mol. The molecule has 0 aliphatic heterocycles. The molecule has 168 valence electrons. The predicted octanol–water partition coefficient (Wildman–Crippen LogP) is 4.05. The lowest BCUT2D eigenvalue weighted by Gasteiger charge is -2.14. The lowest BCUT2D eigenvalue weighted by molar-refractivity contribution is 0.534. The van der Waals surface area contributed by atoms with Gasteiger partial charge in [0.2, 0.25) is 0 Å². The fraction of sp³-hybridized carbons (Fsp3) is 0.286. The molecule has 0 unspecified atom stereocenters. The van der Waals surface area contributed by atoms with Crippen molar-refractivity contribution in [3.05, 3.63) is 70.5 Å². The number of nitrogens with zero attached hydrogens (tertiary/aromatic N) is 1. The number of halogens is 3. The molecule has 6 nitrogen and oxygen atoms in total. The molecular weight excluding hydrogens is 539 g/mol. The summed E-state index contributed by atoms with van der Waals surface area (Å²) in [6.07, 6.45) is 1.13. The van der Waals surface area contributed by atoms with E-state index in [1.807, 2.05) is 6.92 Å². The Labute approximate surface area is 197 Å². The maximum absolute atomic E-state index is 13.7. The average Bonchev–Trinajstić information content (AvgIpc) is 2.98. The fourth-order valence-corrected chi connectivity index (χ4v) is 4.00. The van der Waals surface area contributed by atoms with Crippen LogP contribution in [0.5, 0.6) is 0 Å². The first-order chi connectivity index (χ1) is 14.2. The first-order valence-electron chi connectivity index (χ1n) is 9.23. The van der Waals surface area contributed by atoms with E-state index in [-0.39, 0.29) is 42.1 Å². The second-order valence-electron chi connectivity index (χ2n) is 7.05. The smallest absolute Gasteiger partial charge is 0.191 e. The van der Waals surface area contributed by atoms with Crippen molar-refractivity contribution in [3.63, 3.8) is 0 Å². The molecule has 1 aromatic heterocycles. The standard InChI is InChI=1S/C21H23F2N3O3S.HI/c1-13-18-9-17(23)6-7-19(18)29-20(13)11-26-21(24-2)25-10-15-8-16(22)5-4-14(15)12-30(3,27)28;/h4-9H,10-12H2,1-3H3,(H2,24,25,26);1H.